The van der Waals surface area contributed by atoms with Crippen molar-refractivity contribution in [1.29, 1.82) is 0 Å². The summed E-state index contributed by atoms with van der Waals surface area (Å²) < 4.78 is 5.33. The number of amides is 1. The van der Waals surface area contributed by atoms with E-state index in [0.717, 1.165) is 31.2 Å². The van der Waals surface area contributed by atoms with Gasteiger partial charge in [0.25, 0.3) is 0 Å². The minimum absolute atomic E-state index is 0.0344. The summed E-state index contributed by atoms with van der Waals surface area (Å²) >= 11 is 1.10. The number of nitrogens with one attached hydrogen (secondary N) is 1. The molecule has 1 heterocycles. The van der Waals surface area contributed by atoms with E-state index >= 15 is 0 Å². The Bertz CT molecular complexity index is 228. The van der Waals surface area contributed by atoms with Crippen molar-refractivity contribution in [3.05, 3.63) is 0 Å². The minimum Gasteiger partial charge on any atom is -0.481 e. The molecule has 6 heteroatoms. The summed E-state index contributed by atoms with van der Waals surface area (Å²) in [6.07, 6.45) is 2.18. The quantitative estimate of drug-likeness (QED) is 0.680. The second kappa shape index (κ2) is 6.68. The molecule has 1 amide bonds. The summed E-state index contributed by atoms with van der Waals surface area (Å²) in [6.45, 7) is 1.31. The topological polar surface area (TPSA) is 75.6 Å². The van der Waals surface area contributed by atoms with E-state index in [0.29, 0.717) is 6.54 Å². The number of carboxylic acid groups (broad SMARTS) is 1. The number of hydrogen-bond acceptors (Lipinski definition) is 4. The van der Waals surface area contributed by atoms with Crippen LogP contribution in [0.25, 0.3) is 0 Å². The maximum atomic E-state index is 11.2. The van der Waals surface area contributed by atoms with Crippen molar-refractivity contribution in [2.24, 2.45) is 0 Å². The normalized spacial score (nSPS) is 20.1. The van der Waals surface area contributed by atoms with Gasteiger partial charge in [0.2, 0.25) is 5.91 Å². The lowest BCUT2D eigenvalue weighted by atomic mass is 10.2. The Balaban J connectivity index is 2.00. The van der Waals surface area contributed by atoms with Gasteiger partial charge in [0.15, 0.2) is 0 Å². The van der Waals surface area contributed by atoms with Crippen LogP contribution in [0.3, 0.4) is 0 Å². The highest BCUT2D eigenvalue weighted by atomic mass is 32.2. The van der Waals surface area contributed by atoms with E-state index in [2.05, 4.69) is 5.32 Å². The summed E-state index contributed by atoms with van der Waals surface area (Å²) in [5.41, 5.74) is 0. The Kier molecular flexibility index (Phi) is 5.49. The number of rotatable bonds is 6. The number of aliphatic carboxylic acids is 1. The van der Waals surface area contributed by atoms with Crippen molar-refractivity contribution in [3.63, 3.8) is 0 Å². The largest absolute Gasteiger partial charge is 0.481 e. The van der Waals surface area contributed by atoms with Crippen molar-refractivity contribution < 1.29 is 19.4 Å². The van der Waals surface area contributed by atoms with Gasteiger partial charge in [-0.15, -0.1) is 11.8 Å². The smallest absolute Gasteiger partial charge is 0.313 e. The SMILES string of the molecule is O=C(O)CSCC(=O)NCC1CCCO1. The van der Waals surface area contributed by atoms with Crippen molar-refractivity contribution in [2.45, 2.75) is 18.9 Å². The van der Waals surface area contributed by atoms with Crippen LogP contribution >= 0.6 is 11.8 Å². The van der Waals surface area contributed by atoms with Gasteiger partial charge in [-0.25, -0.2) is 0 Å². The first-order valence-corrected chi connectivity index (χ1v) is 6.02. The lowest BCUT2D eigenvalue weighted by molar-refractivity contribution is -0.133. The van der Waals surface area contributed by atoms with Gasteiger partial charge in [0, 0.05) is 13.2 Å². The van der Waals surface area contributed by atoms with E-state index in [1.807, 2.05) is 0 Å². The molecule has 86 valence electrons. The van der Waals surface area contributed by atoms with Gasteiger partial charge in [-0.05, 0) is 12.8 Å². The van der Waals surface area contributed by atoms with Gasteiger partial charge >= 0.3 is 5.97 Å². The molecule has 0 saturated carbocycles. The van der Waals surface area contributed by atoms with Crippen LogP contribution in [0, 0.1) is 0 Å². The zero-order valence-corrected chi connectivity index (χ0v) is 9.22. The predicted octanol–water partition coefficient (Wildman–Crippen LogP) is 0.0994. The van der Waals surface area contributed by atoms with E-state index in [-0.39, 0.29) is 23.5 Å². The van der Waals surface area contributed by atoms with Gasteiger partial charge in [-0.3, -0.25) is 9.59 Å². The lowest BCUT2D eigenvalue weighted by Gasteiger charge is -2.10. The molecular formula is C9H15NO4S. The summed E-state index contributed by atoms with van der Waals surface area (Å²) in [6, 6.07) is 0. The first-order chi connectivity index (χ1) is 7.18. The third-order valence-corrected chi connectivity index (χ3v) is 2.93. The van der Waals surface area contributed by atoms with Crippen molar-refractivity contribution >= 4 is 23.6 Å². The highest BCUT2D eigenvalue weighted by Gasteiger charge is 2.15. The van der Waals surface area contributed by atoms with Gasteiger partial charge < -0.3 is 15.2 Å². The van der Waals surface area contributed by atoms with E-state index in [4.69, 9.17) is 9.84 Å². The first kappa shape index (κ1) is 12.3. The highest BCUT2D eigenvalue weighted by molar-refractivity contribution is 8.00. The van der Waals surface area contributed by atoms with Crippen molar-refractivity contribution in [3.8, 4) is 0 Å². The fraction of sp³-hybridized carbons (Fsp3) is 0.778. The fourth-order valence-corrected chi connectivity index (χ4v) is 1.88. The van der Waals surface area contributed by atoms with Crippen LogP contribution in [0.5, 0.6) is 0 Å². The van der Waals surface area contributed by atoms with E-state index in [9.17, 15) is 9.59 Å². The van der Waals surface area contributed by atoms with Gasteiger partial charge in [-0.1, -0.05) is 0 Å². The second-order valence-corrected chi connectivity index (χ2v) is 4.31. The number of carbonyl (C=O) groups excluding carboxylic acids is 1. The van der Waals surface area contributed by atoms with E-state index in [1.54, 1.807) is 0 Å². The van der Waals surface area contributed by atoms with Crippen LogP contribution in [0.1, 0.15) is 12.8 Å². The minimum atomic E-state index is -0.896. The molecule has 1 atom stereocenters. The Morgan fingerprint density at radius 3 is 2.87 bits per heavy atom. The predicted molar refractivity (Wildman–Crippen MR) is 56.9 cm³/mol. The van der Waals surface area contributed by atoms with Crippen molar-refractivity contribution in [2.75, 3.05) is 24.7 Å². The molecule has 0 spiro atoms. The zero-order chi connectivity index (χ0) is 11.1. The van der Waals surface area contributed by atoms with Crippen LogP contribution in [0.15, 0.2) is 0 Å². The molecule has 0 aromatic carbocycles. The van der Waals surface area contributed by atoms with Crippen molar-refractivity contribution in [1.82, 2.24) is 5.32 Å². The molecular weight excluding hydrogens is 218 g/mol. The van der Waals surface area contributed by atoms with E-state index in [1.165, 1.54) is 0 Å². The summed E-state index contributed by atoms with van der Waals surface area (Å²) in [5, 5.41) is 11.1. The molecule has 0 aromatic rings. The molecule has 1 rings (SSSR count). The maximum Gasteiger partial charge on any atom is 0.313 e. The molecule has 0 aromatic heterocycles. The van der Waals surface area contributed by atoms with Gasteiger partial charge in [0.05, 0.1) is 17.6 Å². The average Bonchev–Trinajstić information content (AvgIpc) is 2.66. The molecule has 1 unspecified atom stereocenters. The molecule has 1 fully saturated rings. The Labute approximate surface area is 92.6 Å². The molecule has 1 aliphatic rings. The molecule has 0 bridgehead atoms. The molecule has 0 aliphatic carbocycles. The number of thioether (sulfide) groups is 1. The van der Waals surface area contributed by atoms with Gasteiger partial charge in [-0.2, -0.15) is 0 Å². The Morgan fingerprint density at radius 2 is 2.27 bits per heavy atom. The van der Waals surface area contributed by atoms with Crippen LogP contribution < -0.4 is 5.32 Å². The number of carboxylic acids is 1. The standard InChI is InChI=1S/C9H15NO4S/c11-8(5-15-6-9(12)13)10-4-7-2-1-3-14-7/h7H,1-6H2,(H,10,11)(H,12,13). The molecule has 1 saturated heterocycles. The Morgan fingerprint density at radius 1 is 1.47 bits per heavy atom. The van der Waals surface area contributed by atoms with Crippen LogP contribution in [0.4, 0.5) is 0 Å². The number of ether oxygens (including phenoxy) is 1. The Hall–Kier alpha value is -0.750. The van der Waals surface area contributed by atoms with Crippen LogP contribution in [0.2, 0.25) is 0 Å². The molecule has 5 nitrogen and oxygen atoms in total. The summed E-state index contributed by atoms with van der Waals surface area (Å²) in [4.78, 5) is 21.4. The molecule has 2 N–H and O–H groups in total. The third kappa shape index (κ3) is 5.64. The lowest BCUT2D eigenvalue weighted by Crippen LogP contribution is -2.33. The highest BCUT2D eigenvalue weighted by Crippen LogP contribution is 2.10. The molecule has 1 aliphatic heterocycles. The van der Waals surface area contributed by atoms with Gasteiger partial charge in [0.1, 0.15) is 0 Å². The summed E-state index contributed by atoms with van der Waals surface area (Å²) in [5.74, 6) is -0.865. The number of hydrogen-bond donors (Lipinski definition) is 2. The molecule has 15 heavy (non-hydrogen) atoms. The third-order valence-electron chi connectivity index (χ3n) is 2.01. The number of carbonyl (C=O) groups is 2. The monoisotopic (exact) mass is 233 g/mol. The van der Waals surface area contributed by atoms with Crippen LogP contribution in [-0.4, -0.2) is 47.7 Å². The zero-order valence-electron chi connectivity index (χ0n) is 8.40. The van der Waals surface area contributed by atoms with E-state index < -0.39 is 5.97 Å². The maximum absolute atomic E-state index is 11.2. The summed E-state index contributed by atoms with van der Waals surface area (Å²) in [7, 11) is 0. The molecule has 0 radical (unpaired) electrons. The average molecular weight is 233 g/mol. The van der Waals surface area contributed by atoms with Crippen LogP contribution in [-0.2, 0) is 14.3 Å². The first-order valence-electron chi connectivity index (χ1n) is 4.86. The second-order valence-electron chi connectivity index (χ2n) is 3.33. The fourth-order valence-electron chi connectivity index (χ4n) is 1.32.